The first-order valence-corrected chi connectivity index (χ1v) is 10.8. The van der Waals surface area contributed by atoms with Crippen LogP contribution in [0.5, 0.6) is 0 Å². The molecule has 0 saturated carbocycles. The van der Waals surface area contributed by atoms with E-state index < -0.39 is 0 Å². The number of H-pyrrole nitrogens is 1. The first-order valence-electron chi connectivity index (χ1n) is 10.8. The molecule has 1 aliphatic heterocycles. The van der Waals surface area contributed by atoms with Crippen LogP contribution in [0, 0.1) is 5.82 Å². The van der Waals surface area contributed by atoms with Crippen molar-refractivity contribution in [2.24, 2.45) is 0 Å². The predicted molar refractivity (Wildman–Crippen MR) is 114 cm³/mol. The van der Waals surface area contributed by atoms with Gasteiger partial charge in [0.25, 0.3) is 0 Å². The molecule has 3 rings (SSSR count). The molecule has 0 radical (unpaired) electrons. The Hall–Kier alpha value is -2.21. The highest BCUT2D eigenvalue weighted by atomic mass is 19.1. The van der Waals surface area contributed by atoms with E-state index in [0.29, 0.717) is 6.04 Å². The van der Waals surface area contributed by atoms with Crippen LogP contribution in [0.15, 0.2) is 30.3 Å². The summed E-state index contributed by atoms with van der Waals surface area (Å²) in [5, 5.41) is 7.41. The second kappa shape index (κ2) is 10.0. The van der Waals surface area contributed by atoms with E-state index in [2.05, 4.69) is 26.9 Å². The van der Waals surface area contributed by atoms with Crippen LogP contribution in [-0.4, -0.2) is 58.1 Å². The molecular formula is C23H33FN4O. The molecule has 5 nitrogen and oxygen atoms in total. The van der Waals surface area contributed by atoms with Crippen LogP contribution in [0.25, 0.3) is 11.3 Å². The molecule has 1 amide bonds. The number of hydrogen-bond donors (Lipinski definition) is 1. The van der Waals surface area contributed by atoms with Gasteiger partial charge in [0, 0.05) is 23.8 Å². The number of nitrogens with one attached hydrogen (secondary N) is 1. The third-order valence-electron chi connectivity index (χ3n) is 6.13. The number of likely N-dealkylation sites (N-methyl/N-ethyl adjacent to an activating group) is 1. The Morgan fingerprint density at radius 1 is 1.34 bits per heavy atom. The Kier molecular flexibility index (Phi) is 7.42. The minimum atomic E-state index is -0.244. The number of rotatable bonds is 8. The van der Waals surface area contributed by atoms with Gasteiger partial charge < -0.3 is 4.90 Å². The van der Waals surface area contributed by atoms with E-state index in [-0.39, 0.29) is 17.8 Å². The van der Waals surface area contributed by atoms with Crippen LogP contribution in [-0.2, 0) is 11.2 Å². The quantitative estimate of drug-likeness (QED) is 0.720. The molecule has 0 bridgehead atoms. The summed E-state index contributed by atoms with van der Waals surface area (Å²) in [6, 6.07) is 8.69. The molecular weight excluding hydrogens is 367 g/mol. The lowest BCUT2D eigenvalue weighted by Crippen LogP contribution is -2.51. The standard InChI is InChI=1S/C23H33FN4O/c1-4-21-9-5-6-15-28(21)23(29)17(2)27(3)14-7-8-20-16-22(26-25-20)18-10-12-19(24)13-11-18/h10-13,16-17,21H,4-9,14-15H2,1-3H3,(H,25,26). The van der Waals surface area contributed by atoms with Crippen LogP contribution < -0.4 is 0 Å². The number of aromatic nitrogens is 2. The van der Waals surface area contributed by atoms with E-state index >= 15 is 0 Å². The Morgan fingerprint density at radius 2 is 2.10 bits per heavy atom. The number of piperidine rings is 1. The number of likely N-dealkylation sites (tertiary alicyclic amines) is 1. The fourth-order valence-electron chi connectivity index (χ4n) is 4.11. The van der Waals surface area contributed by atoms with Gasteiger partial charge in [-0.1, -0.05) is 6.92 Å². The summed E-state index contributed by atoms with van der Waals surface area (Å²) < 4.78 is 13.1. The smallest absolute Gasteiger partial charge is 0.239 e. The minimum absolute atomic E-state index is 0.0984. The highest BCUT2D eigenvalue weighted by Crippen LogP contribution is 2.22. The van der Waals surface area contributed by atoms with Crippen molar-refractivity contribution in [1.29, 1.82) is 0 Å². The lowest BCUT2D eigenvalue weighted by atomic mass is 9.99. The van der Waals surface area contributed by atoms with E-state index in [0.717, 1.165) is 62.1 Å². The van der Waals surface area contributed by atoms with Gasteiger partial charge in [-0.05, 0) is 89.4 Å². The Balaban J connectivity index is 1.48. The van der Waals surface area contributed by atoms with Gasteiger partial charge in [0.15, 0.2) is 0 Å². The van der Waals surface area contributed by atoms with E-state index in [1.165, 1.54) is 18.6 Å². The molecule has 1 fully saturated rings. The van der Waals surface area contributed by atoms with Gasteiger partial charge in [-0.2, -0.15) is 5.10 Å². The third kappa shape index (κ3) is 5.44. The number of amides is 1. The van der Waals surface area contributed by atoms with Crippen molar-refractivity contribution in [2.75, 3.05) is 20.1 Å². The highest BCUT2D eigenvalue weighted by molar-refractivity contribution is 5.81. The molecule has 0 spiro atoms. The molecule has 2 atom stereocenters. The molecule has 1 N–H and O–H groups in total. The molecule has 2 unspecified atom stereocenters. The fourth-order valence-corrected chi connectivity index (χ4v) is 4.11. The summed E-state index contributed by atoms with van der Waals surface area (Å²) in [5.41, 5.74) is 2.78. The first-order chi connectivity index (χ1) is 14.0. The van der Waals surface area contributed by atoms with Crippen molar-refractivity contribution in [2.45, 2.75) is 64.5 Å². The number of nitrogens with zero attached hydrogens (tertiary/aromatic N) is 3. The monoisotopic (exact) mass is 400 g/mol. The van der Waals surface area contributed by atoms with E-state index in [4.69, 9.17) is 0 Å². The summed E-state index contributed by atoms with van der Waals surface area (Å²) in [6.07, 6.45) is 6.33. The highest BCUT2D eigenvalue weighted by Gasteiger charge is 2.30. The molecule has 6 heteroatoms. The molecule has 2 aromatic rings. The van der Waals surface area contributed by atoms with Crippen molar-refractivity contribution in [3.05, 3.63) is 41.8 Å². The number of carbonyl (C=O) groups excluding carboxylic acids is 1. The van der Waals surface area contributed by atoms with E-state index in [9.17, 15) is 9.18 Å². The molecule has 29 heavy (non-hydrogen) atoms. The lowest BCUT2D eigenvalue weighted by molar-refractivity contribution is -0.139. The minimum Gasteiger partial charge on any atom is -0.338 e. The largest absolute Gasteiger partial charge is 0.338 e. The normalized spacial score (nSPS) is 18.2. The van der Waals surface area contributed by atoms with Crippen LogP contribution in [0.2, 0.25) is 0 Å². The number of hydrogen-bond acceptors (Lipinski definition) is 3. The summed E-state index contributed by atoms with van der Waals surface area (Å²) in [6.45, 7) is 5.94. The molecule has 1 aromatic carbocycles. The average molecular weight is 401 g/mol. The van der Waals surface area contributed by atoms with Crippen LogP contribution in [0.1, 0.15) is 51.6 Å². The van der Waals surface area contributed by atoms with Crippen molar-refractivity contribution < 1.29 is 9.18 Å². The Morgan fingerprint density at radius 3 is 2.83 bits per heavy atom. The van der Waals surface area contributed by atoms with Crippen molar-refractivity contribution in [1.82, 2.24) is 20.0 Å². The first kappa shape index (κ1) is 21.5. The zero-order chi connectivity index (χ0) is 20.8. The summed E-state index contributed by atoms with van der Waals surface area (Å²) in [4.78, 5) is 17.2. The lowest BCUT2D eigenvalue weighted by Gasteiger charge is -2.38. The van der Waals surface area contributed by atoms with Gasteiger partial charge in [-0.25, -0.2) is 4.39 Å². The number of carbonyl (C=O) groups is 1. The second-order valence-electron chi connectivity index (χ2n) is 8.13. The number of halogens is 1. The van der Waals surface area contributed by atoms with Crippen LogP contribution in [0.3, 0.4) is 0 Å². The third-order valence-corrected chi connectivity index (χ3v) is 6.13. The maximum absolute atomic E-state index is 13.1. The van der Waals surface area contributed by atoms with E-state index in [1.807, 2.05) is 20.0 Å². The topological polar surface area (TPSA) is 52.2 Å². The molecule has 2 heterocycles. The van der Waals surface area contributed by atoms with Gasteiger partial charge in [0.1, 0.15) is 5.82 Å². The number of aryl methyl sites for hydroxylation is 1. The van der Waals surface area contributed by atoms with Crippen molar-refractivity contribution in [3.63, 3.8) is 0 Å². The molecule has 0 aliphatic carbocycles. The zero-order valence-corrected chi connectivity index (χ0v) is 17.8. The molecule has 1 aliphatic rings. The molecule has 1 aromatic heterocycles. The number of aromatic amines is 1. The Labute approximate surface area is 173 Å². The summed E-state index contributed by atoms with van der Waals surface area (Å²) in [7, 11) is 2.03. The molecule has 1 saturated heterocycles. The SMILES string of the molecule is CCC1CCCCN1C(=O)C(C)N(C)CCCc1cc(-c2ccc(F)cc2)n[nH]1. The number of benzene rings is 1. The van der Waals surface area contributed by atoms with Gasteiger partial charge >= 0.3 is 0 Å². The maximum atomic E-state index is 13.1. The van der Waals surface area contributed by atoms with Crippen LogP contribution in [0.4, 0.5) is 4.39 Å². The Bertz CT molecular complexity index is 788. The second-order valence-corrected chi connectivity index (χ2v) is 8.13. The van der Waals surface area contributed by atoms with E-state index in [1.54, 1.807) is 12.1 Å². The summed E-state index contributed by atoms with van der Waals surface area (Å²) >= 11 is 0. The fraction of sp³-hybridized carbons (Fsp3) is 0.565. The summed E-state index contributed by atoms with van der Waals surface area (Å²) in [5.74, 6) is 0.0187. The molecule has 158 valence electrons. The van der Waals surface area contributed by atoms with Crippen LogP contribution >= 0.6 is 0 Å². The van der Waals surface area contributed by atoms with Crippen molar-refractivity contribution in [3.8, 4) is 11.3 Å². The van der Waals surface area contributed by atoms with Crippen molar-refractivity contribution >= 4 is 5.91 Å². The van der Waals surface area contributed by atoms with Gasteiger partial charge in [-0.15, -0.1) is 0 Å². The maximum Gasteiger partial charge on any atom is 0.239 e. The van der Waals surface area contributed by atoms with Gasteiger partial charge in [0.2, 0.25) is 5.91 Å². The van der Waals surface area contributed by atoms with Gasteiger partial charge in [-0.3, -0.25) is 14.8 Å². The average Bonchev–Trinajstić information content (AvgIpc) is 3.22. The van der Waals surface area contributed by atoms with Gasteiger partial charge in [0.05, 0.1) is 11.7 Å². The predicted octanol–water partition coefficient (Wildman–Crippen LogP) is 4.26. The zero-order valence-electron chi connectivity index (χ0n) is 17.8.